The number of fused-ring (bicyclic) bond motifs is 1. The summed E-state index contributed by atoms with van der Waals surface area (Å²) in [6.45, 7) is 3.34. The molecule has 3 fully saturated rings. The van der Waals surface area contributed by atoms with Gasteiger partial charge in [-0.1, -0.05) is 6.07 Å². The van der Waals surface area contributed by atoms with E-state index in [4.69, 9.17) is 0 Å². The third-order valence-corrected chi connectivity index (χ3v) is 10.1. The minimum atomic E-state index is -3.47. The smallest absolute Gasteiger partial charge is 0.252 e. The number of amides is 2. The maximum Gasteiger partial charge on any atom is 0.252 e. The average Bonchev–Trinajstić information content (AvgIpc) is 3.33. The molecule has 0 radical (unpaired) electrons. The molecule has 3 aliphatic rings. The van der Waals surface area contributed by atoms with Crippen LogP contribution in [-0.2, 0) is 19.6 Å². The molecule has 0 aliphatic carbocycles. The Hall–Kier alpha value is -1.10. The molecule has 0 aromatic carbocycles. The lowest BCUT2D eigenvalue weighted by molar-refractivity contribution is -0.144. The van der Waals surface area contributed by atoms with Crippen molar-refractivity contribution in [1.82, 2.24) is 14.1 Å². The number of hydrogen-bond acceptors (Lipinski definition) is 6. The van der Waals surface area contributed by atoms with E-state index in [1.807, 2.05) is 6.92 Å². The first-order chi connectivity index (χ1) is 12.3. The Balaban J connectivity index is 1.42. The van der Waals surface area contributed by atoms with Gasteiger partial charge in [0, 0.05) is 38.4 Å². The number of sulfonamides is 1. The van der Waals surface area contributed by atoms with Crippen molar-refractivity contribution >= 4 is 44.9 Å². The first-order valence-electron chi connectivity index (χ1n) is 8.61. The highest BCUT2D eigenvalue weighted by Gasteiger charge is 2.53. The minimum absolute atomic E-state index is 0.0507. The van der Waals surface area contributed by atoms with Crippen LogP contribution >= 0.6 is 23.1 Å². The van der Waals surface area contributed by atoms with Crippen molar-refractivity contribution in [2.45, 2.75) is 34.9 Å². The van der Waals surface area contributed by atoms with E-state index in [-0.39, 0.29) is 29.8 Å². The van der Waals surface area contributed by atoms with Crippen molar-refractivity contribution in [1.29, 1.82) is 0 Å². The van der Waals surface area contributed by atoms with E-state index in [1.165, 1.54) is 15.6 Å². The quantitative estimate of drug-likeness (QED) is 0.737. The SMILES string of the molecule is C[C@@]12CCC(=O)N1[C@@H](C(=O)N1CCN(S(=O)(=O)c3cccs3)CC1)CS2. The number of piperazine rings is 1. The third kappa shape index (κ3) is 2.87. The molecule has 0 spiro atoms. The van der Waals surface area contributed by atoms with Crippen molar-refractivity contribution in [2.75, 3.05) is 31.9 Å². The summed E-state index contributed by atoms with van der Waals surface area (Å²) in [6, 6.07) is 2.91. The van der Waals surface area contributed by atoms with Crippen LogP contribution in [0.2, 0.25) is 0 Å². The van der Waals surface area contributed by atoms with E-state index in [2.05, 4.69) is 0 Å². The standard InChI is InChI=1S/C16H21N3O4S3/c1-16-5-4-13(20)19(16)12(11-25-16)15(21)17-6-8-18(9-7-17)26(22,23)14-3-2-10-24-14/h2-3,10,12H,4-9,11H2,1H3/t12-,16-/m1/s1. The van der Waals surface area contributed by atoms with Crippen LogP contribution in [0.1, 0.15) is 19.8 Å². The number of nitrogens with zero attached hydrogens (tertiary/aromatic N) is 3. The fourth-order valence-corrected chi connectivity index (χ4v) is 7.89. The molecule has 2 atom stereocenters. The van der Waals surface area contributed by atoms with E-state index >= 15 is 0 Å². The lowest BCUT2D eigenvalue weighted by Crippen LogP contribution is -2.56. The van der Waals surface area contributed by atoms with Gasteiger partial charge in [-0.25, -0.2) is 8.42 Å². The van der Waals surface area contributed by atoms with Crippen molar-refractivity contribution in [3.05, 3.63) is 17.5 Å². The van der Waals surface area contributed by atoms with Crippen molar-refractivity contribution in [3.63, 3.8) is 0 Å². The summed E-state index contributed by atoms with van der Waals surface area (Å²) in [5, 5.41) is 1.74. The topological polar surface area (TPSA) is 78.0 Å². The molecule has 10 heteroatoms. The predicted molar refractivity (Wildman–Crippen MR) is 100 cm³/mol. The molecule has 1 aromatic heterocycles. The lowest BCUT2D eigenvalue weighted by Gasteiger charge is -2.37. The lowest BCUT2D eigenvalue weighted by atomic mass is 10.2. The van der Waals surface area contributed by atoms with Crippen LogP contribution in [-0.4, -0.2) is 77.2 Å². The second-order valence-electron chi connectivity index (χ2n) is 6.93. The summed E-state index contributed by atoms with van der Waals surface area (Å²) >= 11 is 2.88. The van der Waals surface area contributed by atoms with Crippen LogP contribution < -0.4 is 0 Å². The van der Waals surface area contributed by atoms with Gasteiger partial charge in [-0.05, 0) is 24.8 Å². The van der Waals surface area contributed by atoms with Gasteiger partial charge in [0.2, 0.25) is 11.8 Å². The van der Waals surface area contributed by atoms with E-state index in [1.54, 1.807) is 39.1 Å². The van der Waals surface area contributed by atoms with Crippen LogP contribution in [0.3, 0.4) is 0 Å². The van der Waals surface area contributed by atoms with Gasteiger partial charge in [0.15, 0.2) is 0 Å². The summed E-state index contributed by atoms with van der Waals surface area (Å²) in [5.41, 5.74) is 0. The van der Waals surface area contributed by atoms with E-state index < -0.39 is 16.1 Å². The summed E-state index contributed by atoms with van der Waals surface area (Å²) in [7, 11) is -3.47. The third-order valence-electron chi connectivity index (χ3n) is 5.37. The molecule has 0 N–H and O–H groups in total. The second kappa shape index (κ2) is 6.50. The van der Waals surface area contributed by atoms with E-state index in [0.717, 1.165) is 6.42 Å². The molecule has 142 valence electrons. The largest absolute Gasteiger partial charge is 0.338 e. The first kappa shape index (κ1) is 18.3. The van der Waals surface area contributed by atoms with Crippen molar-refractivity contribution in [2.24, 2.45) is 0 Å². The zero-order valence-electron chi connectivity index (χ0n) is 14.5. The fourth-order valence-electron chi connectivity index (χ4n) is 3.90. The van der Waals surface area contributed by atoms with Crippen LogP contribution in [0.15, 0.2) is 21.7 Å². The van der Waals surface area contributed by atoms with Gasteiger partial charge in [0.1, 0.15) is 10.3 Å². The molecule has 2 amide bonds. The highest BCUT2D eigenvalue weighted by atomic mass is 32.2. The number of hydrogen-bond donors (Lipinski definition) is 0. The maximum atomic E-state index is 13.0. The second-order valence-corrected chi connectivity index (χ2v) is 11.5. The van der Waals surface area contributed by atoms with Gasteiger partial charge >= 0.3 is 0 Å². The minimum Gasteiger partial charge on any atom is -0.338 e. The first-order valence-corrected chi connectivity index (χ1v) is 11.9. The summed E-state index contributed by atoms with van der Waals surface area (Å²) in [4.78, 5) is 28.4. The summed E-state index contributed by atoms with van der Waals surface area (Å²) in [5.74, 6) is 0.619. The Morgan fingerprint density at radius 3 is 2.65 bits per heavy atom. The predicted octanol–water partition coefficient (Wildman–Crippen LogP) is 1.04. The number of thiophene rings is 1. The highest BCUT2D eigenvalue weighted by molar-refractivity contribution is 8.01. The fraction of sp³-hybridized carbons (Fsp3) is 0.625. The molecular formula is C16H21N3O4S3. The summed E-state index contributed by atoms with van der Waals surface area (Å²) in [6.07, 6.45) is 1.28. The van der Waals surface area contributed by atoms with E-state index in [9.17, 15) is 18.0 Å². The molecule has 4 rings (SSSR count). The molecule has 0 bridgehead atoms. The van der Waals surface area contributed by atoms with E-state index in [0.29, 0.717) is 29.5 Å². The molecular weight excluding hydrogens is 394 g/mol. The zero-order chi connectivity index (χ0) is 18.5. The molecule has 3 saturated heterocycles. The Bertz CT molecular complexity index is 818. The number of thioether (sulfide) groups is 1. The Morgan fingerprint density at radius 2 is 2.00 bits per heavy atom. The maximum absolute atomic E-state index is 13.0. The molecule has 3 aliphatic heterocycles. The normalized spacial score (nSPS) is 30.0. The molecule has 0 unspecified atom stereocenters. The molecule has 26 heavy (non-hydrogen) atoms. The number of carbonyl (C=O) groups excluding carboxylic acids is 2. The average molecular weight is 416 g/mol. The van der Waals surface area contributed by atoms with Crippen molar-refractivity contribution < 1.29 is 18.0 Å². The zero-order valence-corrected chi connectivity index (χ0v) is 16.9. The van der Waals surface area contributed by atoms with Gasteiger partial charge in [-0.15, -0.1) is 23.1 Å². The van der Waals surface area contributed by atoms with Crippen LogP contribution in [0.4, 0.5) is 0 Å². The van der Waals surface area contributed by atoms with Gasteiger partial charge in [-0.3, -0.25) is 9.59 Å². The van der Waals surface area contributed by atoms with Gasteiger partial charge in [-0.2, -0.15) is 4.31 Å². The molecule has 1 aromatic rings. The molecule has 7 nitrogen and oxygen atoms in total. The van der Waals surface area contributed by atoms with Crippen molar-refractivity contribution in [3.8, 4) is 0 Å². The van der Waals surface area contributed by atoms with Gasteiger partial charge in [0.25, 0.3) is 10.0 Å². The van der Waals surface area contributed by atoms with Gasteiger partial charge in [0.05, 0.1) is 4.87 Å². The Kier molecular flexibility index (Phi) is 4.57. The van der Waals surface area contributed by atoms with Gasteiger partial charge < -0.3 is 9.80 Å². The Morgan fingerprint density at radius 1 is 1.27 bits per heavy atom. The number of rotatable bonds is 3. The van der Waals surface area contributed by atoms with Crippen LogP contribution in [0, 0.1) is 0 Å². The highest BCUT2D eigenvalue weighted by Crippen LogP contribution is 2.47. The monoisotopic (exact) mass is 415 g/mol. The van der Waals surface area contributed by atoms with Crippen LogP contribution in [0.25, 0.3) is 0 Å². The number of carbonyl (C=O) groups is 2. The Labute approximate surface area is 161 Å². The summed E-state index contributed by atoms with van der Waals surface area (Å²) < 4.78 is 27.0. The molecule has 4 heterocycles. The molecule has 0 saturated carbocycles. The van der Waals surface area contributed by atoms with Crippen LogP contribution in [0.5, 0.6) is 0 Å².